The largest absolute Gasteiger partial charge is 0.338 e. The number of aromatic nitrogens is 2. The van der Waals surface area contributed by atoms with Crippen LogP contribution in [0.5, 0.6) is 0 Å². The molecular formula is C23H21N3O3S. The first-order valence-electron chi connectivity index (χ1n) is 9.52. The highest BCUT2D eigenvalue weighted by Crippen LogP contribution is 2.23. The second-order valence-corrected chi connectivity index (χ2v) is 8.84. The van der Waals surface area contributed by atoms with Crippen molar-refractivity contribution in [2.24, 2.45) is 0 Å². The monoisotopic (exact) mass is 419 g/mol. The van der Waals surface area contributed by atoms with Crippen molar-refractivity contribution in [1.29, 1.82) is 0 Å². The molecule has 1 heterocycles. The predicted molar refractivity (Wildman–Crippen MR) is 114 cm³/mol. The fraction of sp³-hybridized carbons (Fsp3) is 0.130. The van der Waals surface area contributed by atoms with Gasteiger partial charge in [-0.05, 0) is 30.2 Å². The molecule has 0 N–H and O–H groups in total. The summed E-state index contributed by atoms with van der Waals surface area (Å²) in [6.45, 7) is 2.14. The van der Waals surface area contributed by atoms with E-state index in [2.05, 4.69) is 10.1 Å². The Bertz CT molecular complexity index is 1220. The second-order valence-electron chi connectivity index (χ2n) is 6.90. The summed E-state index contributed by atoms with van der Waals surface area (Å²) in [6, 6.07) is 25.5. The average Bonchev–Trinajstić information content (AvgIpc) is 3.23. The summed E-state index contributed by atoms with van der Waals surface area (Å²) in [6.07, 6.45) is 0. The van der Waals surface area contributed by atoms with E-state index in [1.807, 2.05) is 61.5 Å². The third-order valence-corrected chi connectivity index (χ3v) is 6.55. The maximum atomic E-state index is 13.3. The minimum atomic E-state index is -3.76. The van der Waals surface area contributed by atoms with Gasteiger partial charge in [0, 0.05) is 12.1 Å². The number of hydrogen-bond donors (Lipinski definition) is 0. The van der Waals surface area contributed by atoms with Crippen LogP contribution in [0, 0.1) is 6.92 Å². The summed E-state index contributed by atoms with van der Waals surface area (Å²) in [5.41, 5.74) is 2.74. The molecule has 6 nitrogen and oxygen atoms in total. The molecule has 0 unspecified atom stereocenters. The van der Waals surface area contributed by atoms with E-state index in [9.17, 15) is 8.42 Å². The lowest BCUT2D eigenvalue weighted by atomic mass is 10.1. The number of rotatable bonds is 7. The molecule has 0 atom stereocenters. The first kappa shape index (κ1) is 20.0. The van der Waals surface area contributed by atoms with Gasteiger partial charge in [-0.1, -0.05) is 78.0 Å². The van der Waals surface area contributed by atoms with Gasteiger partial charge in [-0.2, -0.15) is 9.29 Å². The molecule has 4 aromatic rings. The maximum Gasteiger partial charge on any atom is 0.243 e. The smallest absolute Gasteiger partial charge is 0.243 e. The van der Waals surface area contributed by atoms with Crippen molar-refractivity contribution in [2.45, 2.75) is 24.9 Å². The average molecular weight is 420 g/mol. The van der Waals surface area contributed by atoms with Crippen LogP contribution in [0.2, 0.25) is 0 Å². The topological polar surface area (TPSA) is 76.3 Å². The minimum absolute atomic E-state index is 0.0228. The second kappa shape index (κ2) is 8.61. The van der Waals surface area contributed by atoms with Crippen LogP contribution in [-0.2, 0) is 23.1 Å². The van der Waals surface area contributed by atoms with Crippen molar-refractivity contribution in [3.05, 3.63) is 102 Å². The molecule has 0 radical (unpaired) electrons. The van der Waals surface area contributed by atoms with Crippen LogP contribution in [0.15, 0.2) is 94.3 Å². The van der Waals surface area contributed by atoms with E-state index >= 15 is 0 Å². The summed E-state index contributed by atoms with van der Waals surface area (Å²) in [4.78, 5) is 4.67. The van der Waals surface area contributed by atoms with E-state index in [0.29, 0.717) is 5.82 Å². The van der Waals surface area contributed by atoms with Crippen molar-refractivity contribution in [1.82, 2.24) is 14.4 Å². The van der Waals surface area contributed by atoms with E-state index in [1.54, 1.807) is 30.3 Å². The molecule has 3 aromatic carbocycles. The summed E-state index contributed by atoms with van der Waals surface area (Å²) in [7, 11) is -3.76. The molecule has 0 bridgehead atoms. The Balaban J connectivity index is 1.66. The lowest BCUT2D eigenvalue weighted by Gasteiger charge is -2.20. The van der Waals surface area contributed by atoms with E-state index < -0.39 is 10.0 Å². The van der Waals surface area contributed by atoms with Gasteiger partial charge < -0.3 is 4.52 Å². The van der Waals surface area contributed by atoms with Crippen LogP contribution in [-0.4, -0.2) is 22.9 Å². The summed E-state index contributed by atoms with van der Waals surface area (Å²) < 4.78 is 33.4. The molecule has 0 spiro atoms. The van der Waals surface area contributed by atoms with Gasteiger partial charge in [-0.25, -0.2) is 8.42 Å². The first-order chi connectivity index (χ1) is 14.5. The van der Waals surface area contributed by atoms with Gasteiger partial charge in [-0.15, -0.1) is 0 Å². The van der Waals surface area contributed by atoms with Crippen molar-refractivity contribution in [2.75, 3.05) is 0 Å². The van der Waals surface area contributed by atoms with Gasteiger partial charge in [0.15, 0.2) is 0 Å². The van der Waals surface area contributed by atoms with Crippen LogP contribution < -0.4 is 0 Å². The third-order valence-electron chi connectivity index (χ3n) is 4.75. The molecule has 152 valence electrons. The van der Waals surface area contributed by atoms with Gasteiger partial charge in [0.05, 0.1) is 11.4 Å². The molecule has 30 heavy (non-hydrogen) atoms. The van der Waals surface area contributed by atoms with Crippen LogP contribution in [0.1, 0.15) is 17.0 Å². The Kier molecular flexibility index (Phi) is 5.74. The highest BCUT2D eigenvalue weighted by Gasteiger charge is 2.27. The molecular weight excluding hydrogens is 398 g/mol. The molecule has 0 aliphatic heterocycles. The van der Waals surface area contributed by atoms with E-state index in [0.717, 1.165) is 16.7 Å². The minimum Gasteiger partial charge on any atom is -0.338 e. The summed E-state index contributed by atoms with van der Waals surface area (Å²) in [5, 5.41) is 4.05. The molecule has 0 amide bonds. The molecule has 0 saturated carbocycles. The van der Waals surface area contributed by atoms with E-state index in [4.69, 9.17) is 4.52 Å². The standard InChI is InChI=1S/C23H21N3O3S/c1-18-10-8-9-15-21(18)23-24-22(29-25-23)17-26(16-19-11-4-2-5-12-19)30(27,28)20-13-6-3-7-14-20/h2-15H,16-17H2,1H3. The highest BCUT2D eigenvalue weighted by molar-refractivity contribution is 7.89. The van der Waals surface area contributed by atoms with Gasteiger partial charge in [0.25, 0.3) is 0 Å². The van der Waals surface area contributed by atoms with Crippen molar-refractivity contribution < 1.29 is 12.9 Å². The molecule has 4 rings (SSSR count). The van der Waals surface area contributed by atoms with Crippen LogP contribution >= 0.6 is 0 Å². The number of nitrogens with zero attached hydrogens (tertiary/aromatic N) is 3. The number of hydrogen-bond acceptors (Lipinski definition) is 5. The molecule has 0 fully saturated rings. The quantitative estimate of drug-likeness (QED) is 0.443. The van der Waals surface area contributed by atoms with E-state index in [-0.39, 0.29) is 23.9 Å². The molecule has 0 saturated heterocycles. The highest BCUT2D eigenvalue weighted by atomic mass is 32.2. The van der Waals surface area contributed by atoms with Crippen molar-refractivity contribution in [3.63, 3.8) is 0 Å². The Morgan fingerprint density at radius 2 is 1.47 bits per heavy atom. The third kappa shape index (κ3) is 4.32. The number of sulfonamides is 1. The SMILES string of the molecule is Cc1ccccc1-c1noc(CN(Cc2ccccc2)S(=O)(=O)c2ccccc2)n1. The van der Waals surface area contributed by atoms with E-state index in [1.165, 1.54) is 4.31 Å². The molecule has 7 heteroatoms. The maximum absolute atomic E-state index is 13.3. The zero-order valence-corrected chi connectivity index (χ0v) is 17.3. The van der Waals surface area contributed by atoms with Gasteiger partial charge in [0.1, 0.15) is 0 Å². The molecule has 1 aromatic heterocycles. The summed E-state index contributed by atoms with van der Waals surface area (Å²) >= 11 is 0. The van der Waals surface area contributed by atoms with Crippen LogP contribution in [0.3, 0.4) is 0 Å². The Morgan fingerprint density at radius 1 is 0.833 bits per heavy atom. The van der Waals surface area contributed by atoms with Crippen LogP contribution in [0.4, 0.5) is 0 Å². The first-order valence-corrected chi connectivity index (χ1v) is 11.0. The Morgan fingerprint density at radius 3 is 2.17 bits per heavy atom. The Labute approximate surface area is 175 Å². The fourth-order valence-electron chi connectivity index (χ4n) is 3.16. The van der Waals surface area contributed by atoms with Crippen LogP contribution in [0.25, 0.3) is 11.4 Å². The normalized spacial score (nSPS) is 11.7. The number of benzene rings is 3. The molecule has 0 aliphatic carbocycles. The van der Waals surface area contributed by atoms with Gasteiger partial charge in [0.2, 0.25) is 21.7 Å². The number of aryl methyl sites for hydroxylation is 1. The Hall–Kier alpha value is -3.29. The van der Waals surface area contributed by atoms with Gasteiger partial charge in [-0.3, -0.25) is 0 Å². The lowest BCUT2D eigenvalue weighted by molar-refractivity contribution is 0.312. The fourth-order valence-corrected chi connectivity index (χ4v) is 4.56. The summed E-state index contributed by atoms with van der Waals surface area (Å²) in [5.74, 6) is 0.684. The van der Waals surface area contributed by atoms with Crippen molar-refractivity contribution in [3.8, 4) is 11.4 Å². The van der Waals surface area contributed by atoms with Gasteiger partial charge >= 0.3 is 0 Å². The molecule has 0 aliphatic rings. The zero-order chi connectivity index (χ0) is 21.0. The lowest BCUT2D eigenvalue weighted by Crippen LogP contribution is -2.30. The zero-order valence-electron chi connectivity index (χ0n) is 16.5. The van der Waals surface area contributed by atoms with Crippen molar-refractivity contribution >= 4 is 10.0 Å². The predicted octanol–water partition coefficient (Wildman–Crippen LogP) is 4.44.